The fourth-order valence-corrected chi connectivity index (χ4v) is 1.67. The third-order valence-electron chi connectivity index (χ3n) is 2.78. The summed E-state index contributed by atoms with van der Waals surface area (Å²) in [6, 6.07) is 0. The van der Waals surface area contributed by atoms with Crippen molar-refractivity contribution in [2.45, 2.75) is 39.2 Å². The van der Waals surface area contributed by atoms with Crippen molar-refractivity contribution in [1.82, 2.24) is 20.1 Å². The zero-order valence-electron chi connectivity index (χ0n) is 9.66. The second kappa shape index (κ2) is 4.75. The fourth-order valence-electron chi connectivity index (χ4n) is 1.67. The van der Waals surface area contributed by atoms with E-state index in [1.165, 1.54) is 12.8 Å². The molecule has 0 amide bonds. The molecule has 1 aliphatic carbocycles. The summed E-state index contributed by atoms with van der Waals surface area (Å²) in [5.74, 6) is 2.95. The number of hydrogen-bond acceptors (Lipinski definition) is 3. The van der Waals surface area contributed by atoms with Gasteiger partial charge in [0.25, 0.3) is 0 Å². The average molecular weight is 208 g/mol. The van der Waals surface area contributed by atoms with E-state index in [4.69, 9.17) is 0 Å². The quantitative estimate of drug-likeness (QED) is 0.765. The first kappa shape index (κ1) is 10.6. The zero-order valence-corrected chi connectivity index (χ0v) is 9.66. The molecule has 15 heavy (non-hydrogen) atoms. The van der Waals surface area contributed by atoms with Gasteiger partial charge in [0.05, 0.1) is 6.54 Å². The first-order chi connectivity index (χ1) is 7.29. The molecule has 4 nitrogen and oxygen atoms in total. The van der Waals surface area contributed by atoms with E-state index >= 15 is 0 Å². The topological polar surface area (TPSA) is 42.7 Å². The van der Waals surface area contributed by atoms with E-state index < -0.39 is 0 Å². The molecule has 1 aromatic rings. The number of aromatic nitrogens is 3. The maximum absolute atomic E-state index is 4.51. The van der Waals surface area contributed by atoms with Gasteiger partial charge in [-0.05, 0) is 31.7 Å². The van der Waals surface area contributed by atoms with E-state index in [-0.39, 0.29) is 0 Å². The molecular weight excluding hydrogens is 188 g/mol. The minimum Gasteiger partial charge on any atom is -0.310 e. The van der Waals surface area contributed by atoms with Crippen molar-refractivity contribution in [1.29, 1.82) is 0 Å². The van der Waals surface area contributed by atoms with Crippen molar-refractivity contribution < 1.29 is 0 Å². The molecule has 0 saturated heterocycles. The molecule has 0 radical (unpaired) electrons. The van der Waals surface area contributed by atoms with Gasteiger partial charge in [-0.1, -0.05) is 6.92 Å². The van der Waals surface area contributed by atoms with Gasteiger partial charge in [0.2, 0.25) is 0 Å². The average Bonchev–Trinajstić information content (AvgIpc) is 2.94. The summed E-state index contributed by atoms with van der Waals surface area (Å²) < 4.78 is 1.89. The summed E-state index contributed by atoms with van der Waals surface area (Å²) in [5, 5.41) is 7.82. The lowest BCUT2D eigenvalue weighted by molar-refractivity contribution is 0.589. The third-order valence-corrected chi connectivity index (χ3v) is 2.78. The Kier molecular flexibility index (Phi) is 3.36. The van der Waals surface area contributed by atoms with E-state index in [1.807, 2.05) is 11.7 Å². The van der Waals surface area contributed by atoms with Crippen molar-refractivity contribution in [2.75, 3.05) is 6.54 Å². The van der Waals surface area contributed by atoms with Crippen LogP contribution in [0, 0.1) is 5.92 Å². The smallest absolute Gasteiger partial charge is 0.150 e. The molecule has 84 valence electrons. The Morgan fingerprint density at radius 1 is 1.47 bits per heavy atom. The lowest BCUT2D eigenvalue weighted by atomic mass is 10.3. The van der Waals surface area contributed by atoms with Crippen molar-refractivity contribution in [2.24, 2.45) is 13.0 Å². The molecule has 0 aromatic carbocycles. The molecule has 0 aliphatic heterocycles. The Labute approximate surface area is 91.1 Å². The maximum atomic E-state index is 4.51. The second-order valence-electron chi connectivity index (χ2n) is 4.39. The Hall–Kier alpha value is -0.900. The van der Waals surface area contributed by atoms with Gasteiger partial charge in [0, 0.05) is 13.5 Å². The van der Waals surface area contributed by atoms with Crippen LogP contribution in [-0.2, 0) is 20.0 Å². The summed E-state index contributed by atoms with van der Waals surface area (Å²) in [5.41, 5.74) is 0. The summed E-state index contributed by atoms with van der Waals surface area (Å²) in [6.07, 6.45) is 4.88. The standard InChI is InChI=1S/C11H20N4/c1-3-4-10-13-11(15(2)14-10)8-12-7-9-5-6-9/h9,12H,3-8H2,1-2H3. The Morgan fingerprint density at radius 2 is 2.27 bits per heavy atom. The van der Waals surface area contributed by atoms with Gasteiger partial charge in [0.1, 0.15) is 5.82 Å². The molecule has 1 N–H and O–H groups in total. The summed E-state index contributed by atoms with van der Waals surface area (Å²) in [6.45, 7) is 4.14. The molecule has 0 spiro atoms. The predicted molar refractivity (Wildman–Crippen MR) is 59.4 cm³/mol. The molecule has 0 atom stereocenters. The van der Waals surface area contributed by atoms with Gasteiger partial charge in [-0.2, -0.15) is 5.10 Å². The van der Waals surface area contributed by atoms with E-state index in [9.17, 15) is 0 Å². The Morgan fingerprint density at radius 3 is 2.93 bits per heavy atom. The predicted octanol–water partition coefficient (Wildman–Crippen LogP) is 1.27. The van der Waals surface area contributed by atoms with E-state index in [1.54, 1.807) is 0 Å². The highest BCUT2D eigenvalue weighted by atomic mass is 15.3. The minimum absolute atomic E-state index is 0.851. The zero-order chi connectivity index (χ0) is 10.7. The van der Waals surface area contributed by atoms with Crippen molar-refractivity contribution in [3.63, 3.8) is 0 Å². The molecule has 2 rings (SSSR count). The van der Waals surface area contributed by atoms with Crippen LogP contribution in [0.2, 0.25) is 0 Å². The SMILES string of the molecule is CCCc1nc(CNCC2CC2)n(C)n1. The van der Waals surface area contributed by atoms with Crippen molar-refractivity contribution in [3.8, 4) is 0 Å². The largest absolute Gasteiger partial charge is 0.310 e. The molecule has 4 heteroatoms. The monoisotopic (exact) mass is 208 g/mol. The number of nitrogens with one attached hydrogen (secondary N) is 1. The van der Waals surface area contributed by atoms with Gasteiger partial charge in [-0.25, -0.2) is 4.98 Å². The third kappa shape index (κ3) is 3.02. The highest BCUT2D eigenvalue weighted by molar-refractivity contribution is 4.92. The second-order valence-corrected chi connectivity index (χ2v) is 4.39. The highest BCUT2D eigenvalue weighted by Gasteiger charge is 2.20. The molecule has 1 fully saturated rings. The summed E-state index contributed by atoms with van der Waals surface area (Å²) >= 11 is 0. The van der Waals surface area contributed by atoms with E-state index in [0.717, 1.165) is 43.5 Å². The van der Waals surface area contributed by atoms with Gasteiger partial charge >= 0.3 is 0 Å². The van der Waals surface area contributed by atoms with Crippen LogP contribution in [0.5, 0.6) is 0 Å². The van der Waals surface area contributed by atoms with Crippen LogP contribution in [0.15, 0.2) is 0 Å². The lowest BCUT2D eigenvalue weighted by Crippen LogP contribution is -2.18. The van der Waals surface area contributed by atoms with Crippen LogP contribution in [0.3, 0.4) is 0 Å². The number of nitrogens with zero attached hydrogens (tertiary/aromatic N) is 3. The van der Waals surface area contributed by atoms with Crippen LogP contribution >= 0.6 is 0 Å². The van der Waals surface area contributed by atoms with Crippen molar-refractivity contribution in [3.05, 3.63) is 11.6 Å². The van der Waals surface area contributed by atoms with Crippen LogP contribution in [0.4, 0.5) is 0 Å². The minimum atomic E-state index is 0.851. The molecule has 1 aliphatic rings. The Balaban J connectivity index is 1.82. The first-order valence-corrected chi connectivity index (χ1v) is 5.89. The van der Waals surface area contributed by atoms with Crippen LogP contribution in [0.1, 0.15) is 37.8 Å². The van der Waals surface area contributed by atoms with E-state index in [0.29, 0.717) is 0 Å². The highest BCUT2D eigenvalue weighted by Crippen LogP contribution is 2.27. The normalized spacial score (nSPS) is 15.9. The number of hydrogen-bond donors (Lipinski definition) is 1. The molecule has 1 aromatic heterocycles. The van der Waals surface area contributed by atoms with Gasteiger partial charge in [0.15, 0.2) is 5.82 Å². The van der Waals surface area contributed by atoms with Crippen LogP contribution in [0.25, 0.3) is 0 Å². The van der Waals surface area contributed by atoms with Crippen LogP contribution < -0.4 is 5.32 Å². The summed E-state index contributed by atoms with van der Waals surface area (Å²) in [4.78, 5) is 4.51. The van der Waals surface area contributed by atoms with Crippen molar-refractivity contribution >= 4 is 0 Å². The van der Waals surface area contributed by atoms with Gasteiger partial charge in [-0.3, -0.25) is 4.68 Å². The molecule has 0 bridgehead atoms. The molecule has 1 heterocycles. The molecule has 0 unspecified atom stereocenters. The van der Waals surface area contributed by atoms with Crippen LogP contribution in [-0.4, -0.2) is 21.3 Å². The number of rotatable bonds is 6. The first-order valence-electron chi connectivity index (χ1n) is 5.89. The maximum Gasteiger partial charge on any atom is 0.150 e. The summed E-state index contributed by atoms with van der Waals surface area (Å²) in [7, 11) is 1.97. The number of aryl methyl sites for hydroxylation is 2. The Bertz CT molecular complexity index is 314. The molecular formula is C11H20N4. The molecule has 1 saturated carbocycles. The van der Waals surface area contributed by atoms with Gasteiger partial charge < -0.3 is 5.32 Å². The lowest BCUT2D eigenvalue weighted by Gasteiger charge is -2.01. The fraction of sp³-hybridized carbons (Fsp3) is 0.818. The van der Waals surface area contributed by atoms with Gasteiger partial charge in [-0.15, -0.1) is 0 Å². The van der Waals surface area contributed by atoms with E-state index in [2.05, 4.69) is 22.3 Å².